The molecule has 24 heavy (non-hydrogen) atoms. The summed E-state index contributed by atoms with van der Waals surface area (Å²) in [7, 11) is 2.88. The van der Waals surface area contributed by atoms with Gasteiger partial charge < -0.3 is 19.8 Å². The van der Waals surface area contributed by atoms with Crippen LogP contribution in [0.4, 0.5) is 5.69 Å². The third-order valence-corrected chi connectivity index (χ3v) is 4.23. The number of aromatic nitrogens is 1. The van der Waals surface area contributed by atoms with Gasteiger partial charge >= 0.3 is 5.97 Å². The number of esters is 1. The number of amides is 1. The van der Waals surface area contributed by atoms with Gasteiger partial charge in [0.1, 0.15) is 11.4 Å². The van der Waals surface area contributed by atoms with Crippen LogP contribution >= 0.6 is 0 Å². The number of H-pyrrole nitrogens is 1. The summed E-state index contributed by atoms with van der Waals surface area (Å²) in [5.74, 6) is -0.00415. The van der Waals surface area contributed by atoms with Crippen molar-refractivity contribution in [3.05, 3.63) is 23.9 Å². The van der Waals surface area contributed by atoms with Gasteiger partial charge in [0.2, 0.25) is 5.91 Å². The summed E-state index contributed by atoms with van der Waals surface area (Å²) in [5.41, 5.74) is 1.38. The number of anilines is 1. The molecule has 0 aliphatic carbocycles. The monoisotopic (exact) mass is 331 g/mol. The zero-order valence-corrected chi connectivity index (χ0v) is 13.8. The number of likely N-dealkylation sites (tertiary alicyclic amines) is 1. The summed E-state index contributed by atoms with van der Waals surface area (Å²) in [6, 6.07) is 5.37. The first kappa shape index (κ1) is 16.3. The molecule has 0 bridgehead atoms. The maximum atomic E-state index is 12.4. The van der Waals surface area contributed by atoms with E-state index in [1.54, 1.807) is 19.2 Å². The second kappa shape index (κ2) is 6.92. The highest BCUT2D eigenvalue weighted by Crippen LogP contribution is 2.31. The van der Waals surface area contributed by atoms with E-state index in [2.05, 4.69) is 15.2 Å². The lowest BCUT2D eigenvalue weighted by Crippen LogP contribution is -2.31. The Hall–Kier alpha value is -2.54. The van der Waals surface area contributed by atoms with Crippen LogP contribution in [0.1, 0.15) is 23.3 Å². The number of nitrogens with zero attached hydrogens (tertiary/aromatic N) is 1. The Morgan fingerprint density at radius 2 is 2.00 bits per heavy atom. The van der Waals surface area contributed by atoms with Crippen LogP contribution in [0.25, 0.3) is 10.9 Å². The highest BCUT2D eigenvalue weighted by molar-refractivity contribution is 6.11. The van der Waals surface area contributed by atoms with Gasteiger partial charge in [0.05, 0.1) is 32.0 Å². The van der Waals surface area contributed by atoms with Crippen molar-refractivity contribution < 1.29 is 19.1 Å². The lowest BCUT2D eigenvalue weighted by Gasteiger charge is -2.14. The second-order valence-electron chi connectivity index (χ2n) is 5.81. The predicted molar refractivity (Wildman–Crippen MR) is 90.5 cm³/mol. The fourth-order valence-electron chi connectivity index (χ4n) is 3.01. The number of ether oxygens (including phenoxy) is 2. The molecule has 7 nitrogen and oxygen atoms in total. The number of rotatable bonds is 5. The van der Waals surface area contributed by atoms with E-state index in [0.29, 0.717) is 23.5 Å². The molecule has 2 heterocycles. The van der Waals surface area contributed by atoms with Crippen molar-refractivity contribution in [1.29, 1.82) is 0 Å². The van der Waals surface area contributed by atoms with Crippen LogP contribution in [0.2, 0.25) is 0 Å². The van der Waals surface area contributed by atoms with Gasteiger partial charge in [-0.2, -0.15) is 0 Å². The van der Waals surface area contributed by atoms with Gasteiger partial charge in [-0.15, -0.1) is 0 Å². The molecule has 128 valence electrons. The van der Waals surface area contributed by atoms with E-state index >= 15 is 0 Å². The van der Waals surface area contributed by atoms with Crippen molar-refractivity contribution in [2.45, 2.75) is 12.8 Å². The molecular formula is C17H21N3O4. The van der Waals surface area contributed by atoms with Crippen LogP contribution in [0.5, 0.6) is 5.75 Å². The van der Waals surface area contributed by atoms with Gasteiger partial charge in [0.15, 0.2) is 0 Å². The molecule has 0 atom stereocenters. The van der Waals surface area contributed by atoms with Crippen LogP contribution in [0.15, 0.2) is 18.2 Å². The molecule has 1 fully saturated rings. The summed E-state index contributed by atoms with van der Waals surface area (Å²) in [4.78, 5) is 29.5. The van der Waals surface area contributed by atoms with E-state index in [0.717, 1.165) is 31.3 Å². The van der Waals surface area contributed by atoms with Crippen LogP contribution in [-0.4, -0.2) is 55.6 Å². The van der Waals surface area contributed by atoms with Gasteiger partial charge in [-0.1, -0.05) is 0 Å². The molecule has 7 heteroatoms. The molecule has 1 aromatic heterocycles. The van der Waals surface area contributed by atoms with Gasteiger partial charge in [-0.3, -0.25) is 9.69 Å². The fourth-order valence-corrected chi connectivity index (χ4v) is 3.01. The SMILES string of the molecule is COC(=O)c1[nH]c2cc(OC)ccc2c1NC(=O)CN1CCCC1. The summed E-state index contributed by atoms with van der Waals surface area (Å²) in [6.45, 7) is 2.19. The number of nitrogens with one attached hydrogen (secondary N) is 2. The molecule has 0 saturated carbocycles. The van der Waals surface area contributed by atoms with Crippen molar-refractivity contribution in [2.24, 2.45) is 0 Å². The van der Waals surface area contributed by atoms with Gasteiger partial charge in [0.25, 0.3) is 0 Å². The number of benzene rings is 1. The van der Waals surface area contributed by atoms with E-state index in [-0.39, 0.29) is 11.6 Å². The smallest absolute Gasteiger partial charge is 0.356 e. The second-order valence-corrected chi connectivity index (χ2v) is 5.81. The Labute approximate surface area is 139 Å². The third-order valence-electron chi connectivity index (χ3n) is 4.23. The zero-order valence-electron chi connectivity index (χ0n) is 13.8. The quantitative estimate of drug-likeness (QED) is 0.819. The first-order valence-electron chi connectivity index (χ1n) is 7.92. The van der Waals surface area contributed by atoms with Crippen molar-refractivity contribution >= 4 is 28.5 Å². The van der Waals surface area contributed by atoms with Crippen LogP contribution in [-0.2, 0) is 9.53 Å². The highest BCUT2D eigenvalue weighted by atomic mass is 16.5. The molecule has 1 aromatic carbocycles. The van der Waals surface area contributed by atoms with E-state index in [4.69, 9.17) is 9.47 Å². The number of fused-ring (bicyclic) bond motifs is 1. The fraction of sp³-hybridized carbons (Fsp3) is 0.412. The summed E-state index contributed by atoms with van der Waals surface area (Å²) < 4.78 is 10.0. The summed E-state index contributed by atoms with van der Waals surface area (Å²) >= 11 is 0. The topological polar surface area (TPSA) is 83.7 Å². The normalized spacial score (nSPS) is 14.8. The van der Waals surface area contributed by atoms with Crippen molar-refractivity contribution in [3.63, 3.8) is 0 Å². The van der Waals surface area contributed by atoms with E-state index < -0.39 is 5.97 Å². The summed E-state index contributed by atoms with van der Waals surface area (Å²) in [6.07, 6.45) is 2.24. The first-order chi connectivity index (χ1) is 11.6. The van der Waals surface area contributed by atoms with Gasteiger partial charge in [-0.25, -0.2) is 4.79 Å². The van der Waals surface area contributed by atoms with Crippen molar-refractivity contribution in [3.8, 4) is 5.75 Å². The lowest BCUT2D eigenvalue weighted by molar-refractivity contribution is -0.117. The maximum absolute atomic E-state index is 12.4. The minimum absolute atomic E-state index is 0.140. The molecule has 0 unspecified atom stereocenters. The predicted octanol–water partition coefficient (Wildman–Crippen LogP) is 2.00. The molecule has 1 aliphatic rings. The van der Waals surface area contributed by atoms with Crippen molar-refractivity contribution in [2.75, 3.05) is 39.2 Å². The van der Waals surface area contributed by atoms with E-state index in [1.165, 1.54) is 7.11 Å². The Balaban J connectivity index is 1.91. The minimum Gasteiger partial charge on any atom is -0.497 e. The molecule has 1 aliphatic heterocycles. The Bertz CT molecular complexity index is 763. The van der Waals surface area contributed by atoms with Crippen molar-refractivity contribution in [1.82, 2.24) is 9.88 Å². The Morgan fingerprint density at radius 3 is 2.67 bits per heavy atom. The standard InChI is InChI=1S/C17H21N3O4/c1-23-11-5-6-12-13(9-11)18-16(17(22)24-2)15(12)19-14(21)10-20-7-3-4-8-20/h5-6,9,18H,3-4,7-8,10H2,1-2H3,(H,19,21). The van der Waals surface area contributed by atoms with Crippen LogP contribution in [0, 0.1) is 0 Å². The molecule has 0 spiro atoms. The number of hydrogen-bond acceptors (Lipinski definition) is 5. The number of carbonyl (C=O) groups excluding carboxylic acids is 2. The molecule has 3 rings (SSSR count). The average Bonchev–Trinajstić information content (AvgIpc) is 3.21. The number of hydrogen-bond donors (Lipinski definition) is 2. The minimum atomic E-state index is -0.526. The van der Waals surface area contributed by atoms with Gasteiger partial charge in [-0.05, 0) is 38.1 Å². The Morgan fingerprint density at radius 1 is 1.25 bits per heavy atom. The molecule has 2 aromatic rings. The maximum Gasteiger partial charge on any atom is 0.356 e. The number of methoxy groups -OCH3 is 2. The highest BCUT2D eigenvalue weighted by Gasteiger charge is 2.22. The van der Waals surface area contributed by atoms with E-state index in [1.807, 2.05) is 6.07 Å². The van der Waals surface area contributed by atoms with Gasteiger partial charge in [0, 0.05) is 11.5 Å². The molecule has 1 amide bonds. The average molecular weight is 331 g/mol. The molecule has 1 saturated heterocycles. The Kier molecular flexibility index (Phi) is 4.71. The number of carbonyl (C=O) groups is 2. The van der Waals surface area contributed by atoms with Crippen LogP contribution < -0.4 is 10.1 Å². The molecule has 2 N–H and O–H groups in total. The molecule has 0 radical (unpaired) electrons. The zero-order chi connectivity index (χ0) is 17.1. The molecular weight excluding hydrogens is 310 g/mol. The first-order valence-corrected chi connectivity index (χ1v) is 7.92. The third kappa shape index (κ3) is 3.21. The number of aromatic amines is 1. The van der Waals surface area contributed by atoms with E-state index in [9.17, 15) is 9.59 Å². The van der Waals surface area contributed by atoms with Crippen LogP contribution in [0.3, 0.4) is 0 Å². The lowest BCUT2D eigenvalue weighted by atomic mass is 10.2. The largest absolute Gasteiger partial charge is 0.497 e. The summed E-state index contributed by atoms with van der Waals surface area (Å²) in [5, 5.41) is 3.60.